The minimum absolute atomic E-state index is 0.0306. The van der Waals surface area contributed by atoms with Gasteiger partial charge in [-0.1, -0.05) is 18.2 Å². The van der Waals surface area contributed by atoms with Crippen molar-refractivity contribution in [3.05, 3.63) is 35.6 Å². The molecule has 2 aliphatic heterocycles. The van der Waals surface area contributed by atoms with Crippen LogP contribution < -0.4 is 10.6 Å². The van der Waals surface area contributed by atoms with Crippen molar-refractivity contribution in [2.75, 3.05) is 33.2 Å². The van der Waals surface area contributed by atoms with Gasteiger partial charge in [-0.25, -0.2) is 4.39 Å². The van der Waals surface area contributed by atoms with Gasteiger partial charge in [0.2, 0.25) is 5.91 Å². The van der Waals surface area contributed by atoms with E-state index in [1.54, 1.807) is 25.2 Å². The van der Waals surface area contributed by atoms with Gasteiger partial charge in [0.15, 0.2) is 5.96 Å². The average Bonchev–Trinajstić information content (AvgIpc) is 2.95. The molecule has 3 N–H and O–H groups in total. The number of likely N-dealkylation sites (tertiary alicyclic amines) is 1. The van der Waals surface area contributed by atoms with Crippen molar-refractivity contribution in [3.8, 4) is 0 Å². The number of hydrogen-bond acceptors (Lipinski definition) is 3. The molecule has 3 rings (SSSR count). The highest BCUT2D eigenvalue weighted by Crippen LogP contribution is 2.36. The number of amides is 1. The third-order valence-electron chi connectivity index (χ3n) is 5.09. The minimum atomic E-state index is -0.952. The molecule has 0 radical (unpaired) electrons. The SMILES string of the molecule is CN=C(NCC(O)c1ccccc1F)N1CCCC2(CNC(=O)C2)C1. The quantitative estimate of drug-likeness (QED) is 0.563. The zero-order chi connectivity index (χ0) is 17.9. The fourth-order valence-electron chi connectivity index (χ4n) is 3.80. The molecule has 1 amide bonds. The number of halogens is 1. The molecule has 0 bridgehead atoms. The van der Waals surface area contributed by atoms with E-state index in [1.165, 1.54) is 6.07 Å². The number of piperidine rings is 1. The van der Waals surface area contributed by atoms with Crippen LogP contribution in [-0.4, -0.2) is 55.1 Å². The van der Waals surface area contributed by atoms with Gasteiger partial charge in [0.1, 0.15) is 5.82 Å². The van der Waals surface area contributed by atoms with Crippen LogP contribution in [0.5, 0.6) is 0 Å². The van der Waals surface area contributed by atoms with Crippen molar-refractivity contribution in [2.24, 2.45) is 10.4 Å². The molecule has 136 valence electrons. The van der Waals surface area contributed by atoms with Crippen LogP contribution in [0.3, 0.4) is 0 Å². The second-order valence-electron chi connectivity index (χ2n) is 6.94. The van der Waals surface area contributed by atoms with Crippen LogP contribution in [0.4, 0.5) is 4.39 Å². The monoisotopic (exact) mass is 348 g/mol. The number of guanidine groups is 1. The van der Waals surface area contributed by atoms with Gasteiger partial charge in [-0.3, -0.25) is 9.79 Å². The van der Waals surface area contributed by atoms with E-state index in [0.29, 0.717) is 18.9 Å². The molecule has 2 heterocycles. The number of aliphatic hydroxyl groups excluding tert-OH is 1. The van der Waals surface area contributed by atoms with Crippen LogP contribution in [-0.2, 0) is 4.79 Å². The molecule has 0 saturated carbocycles. The highest BCUT2D eigenvalue weighted by molar-refractivity contribution is 5.81. The first kappa shape index (κ1) is 17.7. The summed E-state index contributed by atoms with van der Waals surface area (Å²) in [6.45, 7) is 2.48. The van der Waals surface area contributed by atoms with Crippen LogP contribution in [0, 0.1) is 11.2 Å². The summed E-state index contributed by atoms with van der Waals surface area (Å²) in [7, 11) is 1.69. The number of hydrogen-bond donors (Lipinski definition) is 3. The zero-order valence-corrected chi connectivity index (χ0v) is 14.5. The summed E-state index contributed by atoms with van der Waals surface area (Å²) in [5, 5.41) is 16.3. The molecule has 1 aromatic carbocycles. The largest absolute Gasteiger partial charge is 0.386 e. The van der Waals surface area contributed by atoms with Crippen molar-refractivity contribution in [3.63, 3.8) is 0 Å². The lowest BCUT2D eigenvalue weighted by atomic mass is 9.79. The number of benzene rings is 1. The van der Waals surface area contributed by atoms with Crippen molar-refractivity contribution in [1.29, 1.82) is 0 Å². The van der Waals surface area contributed by atoms with Gasteiger partial charge in [-0.2, -0.15) is 0 Å². The van der Waals surface area contributed by atoms with Crippen LogP contribution in [0.1, 0.15) is 30.9 Å². The second kappa shape index (κ2) is 7.39. The smallest absolute Gasteiger partial charge is 0.220 e. The maximum atomic E-state index is 13.8. The molecule has 2 unspecified atom stereocenters. The van der Waals surface area contributed by atoms with Crippen molar-refractivity contribution in [1.82, 2.24) is 15.5 Å². The first-order valence-corrected chi connectivity index (χ1v) is 8.68. The van der Waals surface area contributed by atoms with Gasteiger partial charge in [-0.15, -0.1) is 0 Å². The van der Waals surface area contributed by atoms with E-state index < -0.39 is 11.9 Å². The predicted octanol–water partition coefficient (Wildman–Crippen LogP) is 1.04. The molecule has 25 heavy (non-hydrogen) atoms. The zero-order valence-electron chi connectivity index (χ0n) is 14.5. The summed E-state index contributed by atoms with van der Waals surface area (Å²) >= 11 is 0. The third kappa shape index (κ3) is 3.92. The lowest BCUT2D eigenvalue weighted by Gasteiger charge is -2.40. The van der Waals surface area contributed by atoms with Crippen LogP contribution in [0.25, 0.3) is 0 Å². The van der Waals surface area contributed by atoms with Crippen LogP contribution in [0.15, 0.2) is 29.3 Å². The van der Waals surface area contributed by atoms with Crippen LogP contribution in [0.2, 0.25) is 0 Å². The van der Waals surface area contributed by atoms with Crippen molar-refractivity contribution >= 4 is 11.9 Å². The molecule has 2 aliphatic rings. The average molecular weight is 348 g/mol. The Labute approximate surface area is 147 Å². The van der Waals surface area contributed by atoms with Gasteiger partial charge in [-0.05, 0) is 18.9 Å². The lowest BCUT2D eigenvalue weighted by molar-refractivity contribution is -0.119. The highest BCUT2D eigenvalue weighted by atomic mass is 19.1. The number of carbonyl (C=O) groups is 1. The molecular formula is C18H25FN4O2. The minimum Gasteiger partial charge on any atom is -0.386 e. The molecule has 1 spiro atoms. The van der Waals surface area contributed by atoms with Crippen molar-refractivity contribution < 1.29 is 14.3 Å². The molecule has 2 fully saturated rings. The Morgan fingerprint density at radius 3 is 3.00 bits per heavy atom. The summed E-state index contributed by atoms with van der Waals surface area (Å²) in [4.78, 5) is 18.0. The maximum Gasteiger partial charge on any atom is 0.220 e. The molecular weight excluding hydrogens is 323 g/mol. The Kier molecular flexibility index (Phi) is 5.22. The molecule has 7 heteroatoms. The second-order valence-corrected chi connectivity index (χ2v) is 6.94. The van der Waals surface area contributed by atoms with E-state index in [1.807, 2.05) is 0 Å². The Bertz CT molecular complexity index is 666. The van der Waals surface area contributed by atoms with Gasteiger partial charge in [0.25, 0.3) is 0 Å². The van der Waals surface area contributed by atoms with Gasteiger partial charge in [0, 0.05) is 50.6 Å². The fraction of sp³-hybridized carbons (Fsp3) is 0.556. The van der Waals surface area contributed by atoms with Gasteiger partial charge < -0.3 is 20.6 Å². The van der Waals surface area contributed by atoms with E-state index in [0.717, 1.165) is 25.9 Å². The first-order valence-electron chi connectivity index (χ1n) is 8.68. The fourth-order valence-corrected chi connectivity index (χ4v) is 3.80. The number of nitrogens with one attached hydrogen (secondary N) is 2. The van der Waals surface area contributed by atoms with E-state index in [4.69, 9.17) is 0 Å². The number of aliphatic imine (C=N–C) groups is 1. The molecule has 0 aliphatic carbocycles. The Morgan fingerprint density at radius 2 is 2.32 bits per heavy atom. The Morgan fingerprint density at radius 1 is 1.52 bits per heavy atom. The first-order chi connectivity index (χ1) is 12.0. The summed E-state index contributed by atoms with van der Waals surface area (Å²) in [6.07, 6.45) is 1.62. The third-order valence-corrected chi connectivity index (χ3v) is 5.09. The standard InChI is InChI=1S/C18H25FN4O2/c1-20-17(21-10-15(24)13-5-2-3-6-14(13)19)23-8-4-7-18(12-23)9-16(25)22-11-18/h2-3,5-6,15,24H,4,7-12H2,1H3,(H,20,21)(H,22,25). The summed E-state index contributed by atoms with van der Waals surface area (Å²) in [6, 6.07) is 6.22. The van der Waals surface area contributed by atoms with Gasteiger partial charge >= 0.3 is 0 Å². The number of aliphatic hydroxyl groups is 1. The molecule has 1 aromatic rings. The highest BCUT2D eigenvalue weighted by Gasteiger charge is 2.42. The van der Waals surface area contributed by atoms with E-state index in [2.05, 4.69) is 20.5 Å². The van der Waals surface area contributed by atoms with Gasteiger partial charge in [0.05, 0.1) is 6.10 Å². The Hall–Kier alpha value is -2.15. The predicted molar refractivity (Wildman–Crippen MR) is 93.6 cm³/mol. The molecule has 6 nitrogen and oxygen atoms in total. The summed E-state index contributed by atoms with van der Waals surface area (Å²) in [5.74, 6) is 0.368. The van der Waals surface area contributed by atoms with Crippen molar-refractivity contribution in [2.45, 2.75) is 25.4 Å². The van der Waals surface area contributed by atoms with E-state index in [9.17, 15) is 14.3 Å². The number of nitrogens with zero attached hydrogens (tertiary/aromatic N) is 2. The summed E-state index contributed by atoms with van der Waals surface area (Å²) < 4.78 is 13.8. The molecule has 2 atom stereocenters. The topological polar surface area (TPSA) is 77.0 Å². The maximum absolute atomic E-state index is 13.8. The van der Waals surface area contributed by atoms with E-state index >= 15 is 0 Å². The normalized spacial score (nSPS) is 25.2. The number of carbonyl (C=O) groups excluding carboxylic acids is 1. The lowest BCUT2D eigenvalue weighted by Crippen LogP contribution is -2.51. The number of rotatable bonds is 3. The van der Waals surface area contributed by atoms with E-state index in [-0.39, 0.29) is 23.4 Å². The van der Waals surface area contributed by atoms with Crippen LogP contribution >= 0.6 is 0 Å². The Balaban J connectivity index is 1.61. The molecule has 2 saturated heterocycles. The molecule has 0 aromatic heterocycles. The summed E-state index contributed by atoms with van der Waals surface area (Å²) in [5.41, 5.74) is 0.239.